The van der Waals surface area contributed by atoms with E-state index in [0.717, 1.165) is 38.6 Å². The summed E-state index contributed by atoms with van der Waals surface area (Å²) in [6.45, 7) is 5.30. The maximum absolute atomic E-state index is 11.4. The number of carbonyl (C=O) groups excluding carboxylic acids is 1. The molecule has 0 aliphatic carbocycles. The summed E-state index contributed by atoms with van der Waals surface area (Å²) in [7, 11) is 0.00390. The number of carbonyl (C=O) groups is 1. The van der Waals surface area contributed by atoms with Crippen LogP contribution in [0.2, 0.25) is 0 Å². The molecule has 0 saturated heterocycles. The van der Waals surface area contributed by atoms with Gasteiger partial charge in [-0.3, -0.25) is 4.79 Å². The summed E-state index contributed by atoms with van der Waals surface area (Å²) >= 11 is 0. The van der Waals surface area contributed by atoms with Gasteiger partial charge in [-0.2, -0.15) is 0 Å². The molecule has 2 N–H and O–H groups in total. The predicted octanol–water partition coefficient (Wildman–Crippen LogP) is 8.60. The second-order valence-electron chi connectivity index (χ2n) is 10.2. The van der Waals surface area contributed by atoms with Gasteiger partial charge in [-0.15, -0.1) is 0 Å². The molecule has 0 aromatic carbocycles. The molecule has 0 saturated carbocycles. The maximum atomic E-state index is 11.4. The van der Waals surface area contributed by atoms with Crippen molar-refractivity contribution in [2.24, 2.45) is 0 Å². The van der Waals surface area contributed by atoms with Crippen molar-refractivity contribution in [3.8, 4) is 0 Å². The molecule has 7 heteroatoms. The minimum absolute atomic E-state index is 0.192. The van der Waals surface area contributed by atoms with Crippen LogP contribution in [0.15, 0.2) is 0 Å². The summed E-state index contributed by atoms with van der Waals surface area (Å²) in [6, 6.07) is 0. The van der Waals surface area contributed by atoms with E-state index in [9.17, 15) is 9.69 Å². The normalized spacial score (nSPS) is 13.1. The van der Waals surface area contributed by atoms with Gasteiger partial charge in [0.05, 0.1) is 13.2 Å². The Balaban J connectivity index is 3.54. The lowest BCUT2D eigenvalue weighted by atomic mass is 10.0. The summed E-state index contributed by atoms with van der Waals surface area (Å²) in [5.74, 6) is -0.304. The quantitative estimate of drug-likeness (QED) is 0.0569. The van der Waals surface area contributed by atoms with E-state index < -0.39 is 8.60 Å². The average Bonchev–Trinajstić information content (AvgIpc) is 2.86. The van der Waals surface area contributed by atoms with Crippen LogP contribution in [-0.4, -0.2) is 43.8 Å². The van der Waals surface area contributed by atoms with Crippen LogP contribution in [0.25, 0.3) is 0 Å². The molecular formula is C29H60NO5P. The van der Waals surface area contributed by atoms with E-state index >= 15 is 0 Å². The highest BCUT2D eigenvalue weighted by atomic mass is 31.2. The van der Waals surface area contributed by atoms with Crippen LogP contribution < -0.4 is 5.32 Å². The van der Waals surface area contributed by atoms with Crippen molar-refractivity contribution in [2.45, 2.75) is 155 Å². The second-order valence-corrected chi connectivity index (χ2v) is 11.2. The summed E-state index contributed by atoms with van der Waals surface area (Å²) in [6.07, 6.45) is 26.6. The van der Waals surface area contributed by atoms with E-state index in [0.29, 0.717) is 6.61 Å². The van der Waals surface area contributed by atoms with Gasteiger partial charge in [0.1, 0.15) is 6.10 Å². The van der Waals surface area contributed by atoms with E-state index in [2.05, 4.69) is 12.2 Å². The van der Waals surface area contributed by atoms with Crippen molar-refractivity contribution in [1.29, 1.82) is 0 Å². The first-order valence-corrected chi connectivity index (χ1v) is 16.3. The van der Waals surface area contributed by atoms with Crippen molar-refractivity contribution in [3.63, 3.8) is 0 Å². The zero-order chi connectivity index (χ0) is 26.5. The first-order valence-electron chi connectivity index (χ1n) is 15.2. The molecule has 36 heavy (non-hydrogen) atoms. The van der Waals surface area contributed by atoms with Crippen LogP contribution >= 0.6 is 8.60 Å². The van der Waals surface area contributed by atoms with Gasteiger partial charge < -0.3 is 24.0 Å². The largest absolute Gasteiger partial charge is 0.460 e. The minimum atomic E-state index is -1.91. The highest BCUT2D eigenvalue weighted by Gasteiger charge is 2.16. The number of hydrogen-bond donors (Lipinski definition) is 2. The topological polar surface area (TPSA) is 77.0 Å². The van der Waals surface area contributed by atoms with E-state index in [-0.39, 0.29) is 18.7 Å². The van der Waals surface area contributed by atoms with Crippen molar-refractivity contribution < 1.29 is 23.5 Å². The first-order chi connectivity index (χ1) is 17.6. The van der Waals surface area contributed by atoms with Crippen LogP contribution in [0, 0.1) is 0 Å². The lowest BCUT2D eigenvalue weighted by Crippen LogP contribution is -2.21. The predicted molar refractivity (Wildman–Crippen MR) is 153 cm³/mol. The molecule has 0 aliphatic heterocycles. The van der Waals surface area contributed by atoms with Gasteiger partial charge in [0.25, 0.3) is 0 Å². The number of rotatable bonds is 29. The van der Waals surface area contributed by atoms with E-state index in [4.69, 9.17) is 13.8 Å². The molecule has 0 heterocycles. The Labute approximate surface area is 225 Å². The van der Waals surface area contributed by atoms with Crippen LogP contribution in [0.3, 0.4) is 0 Å². The van der Waals surface area contributed by atoms with E-state index in [1.165, 1.54) is 110 Å². The van der Waals surface area contributed by atoms with Gasteiger partial charge in [0, 0.05) is 6.92 Å². The van der Waals surface area contributed by atoms with Gasteiger partial charge in [-0.1, -0.05) is 116 Å². The molecule has 0 radical (unpaired) electrons. The fourth-order valence-corrected chi connectivity index (χ4v) is 5.07. The molecule has 2 unspecified atom stereocenters. The molecule has 0 aromatic rings. The number of ether oxygens (including phenoxy) is 1. The third-order valence-corrected chi connectivity index (χ3v) is 7.38. The molecule has 0 aromatic heterocycles. The molecule has 0 spiro atoms. The summed E-state index contributed by atoms with van der Waals surface area (Å²) in [5, 5.41) is 3.08. The van der Waals surface area contributed by atoms with Crippen LogP contribution in [0.1, 0.15) is 149 Å². The molecule has 0 aliphatic rings. The van der Waals surface area contributed by atoms with Gasteiger partial charge in [-0.25, -0.2) is 0 Å². The summed E-state index contributed by atoms with van der Waals surface area (Å²) < 4.78 is 16.1. The minimum Gasteiger partial charge on any atom is -0.460 e. The highest BCUT2D eigenvalue weighted by molar-refractivity contribution is 7.40. The van der Waals surface area contributed by atoms with Crippen molar-refractivity contribution in [1.82, 2.24) is 5.32 Å². The first kappa shape index (κ1) is 35.7. The molecular weight excluding hydrogens is 473 g/mol. The van der Waals surface area contributed by atoms with Crippen LogP contribution in [0.4, 0.5) is 0 Å². The van der Waals surface area contributed by atoms with Crippen molar-refractivity contribution >= 4 is 14.6 Å². The molecule has 0 amide bonds. The fraction of sp³-hybridized carbons (Fsp3) is 0.966. The number of unbranched alkanes of at least 4 members (excludes halogenated alkanes) is 18. The van der Waals surface area contributed by atoms with Crippen LogP contribution in [-0.2, 0) is 18.6 Å². The Morgan fingerprint density at radius 3 is 1.64 bits per heavy atom. The molecule has 216 valence electrons. The SMILES string of the molecule is CCCCCCCCCCCCCCCCCCCCC(COP(O)OCCCCNC)OC(C)=O. The zero-order valence-electron chi connectivity index (χ0n) is 24.1. The summed E-state index contributed by atoms with van der Waals surface area (Å²) in [5.41, 5.74) is 0. The second kappa shape index (κ2) is 29.3. The molecule has 0 bridgehead atoms. The van der Waals surface area contributed by atoms with Crippen molar-refractivity contribution in [2.75, 3.05) is 26.8 Å². The molecule has 0 rings (SSSR count). The Morgan fingerprint density at radius 2 is 1.19 bits per heavy atom. The lowest BCUT2D eigenvalue weighted by Gasteiger charge is -2.18. The Morgan fingerprint density at radius 1 is 0.722 bits per heavy atom. The lowest BCUT2D eigenvalue weighted by molar-refractivity contribution is -0.148. The van der Waals surface area contributed by atoms with Crippen LogP contribution in [0.5, 0.6) is 0 Å². The fourth-order valence-electron chi connectivity index (χ4n) is 4.42. The highest BCUT2D eigenvalue weighted by Crippen LogP contribution is 2.33. The Hall–Kier alpha value is -0.260. The molecule has 6 nitrogen and oxygen atoms in total. The van der Waals surface area contributed by atoms with E-state index in [1.54, 1.807) is 0 Å². The van der Waals surface area contributed by atoms with Gasteiger partial charge in [0.15, 0.2) is 0 Å². The van der Waals surface area contributed by atoms with Gasteiger partial charge in [0.2, 0.25) is 0 Å². The standard InChI is InChI=1S/C29H60NO5P/c1-4-5-6-7-8-9-10-11-12-13-14-15-16-17-18-19-20-21-24-29(35-28(2)31)27-34-36(32)33-26-23-22-25-30-3/h29-30,32H,4-27H2,1-3H3. The monoisotopic (exact) mass is 533 g/mol. The third kappa shape index (κ3) is 28.3. The number of nitrogens with one attached hydrogen (secondary N) is 1. The van der Waals surface area contributed by atoms with Crippen molar-refractivity contribution in [3.05, 3.63) is 0 Å². The van der Waals surface area contributed by atoms with Gasteiger partial charge >= 0.3 is 14.6 Å². The Bertz CT molecular complexity index is 455. The Kier molecular flexibility index (Phi) is 29.1. The van der Waals surface area contributed by atoms with Gasteiger partial charge in [-0.05, 0) is 39.3 Å². The maximum Gasteiger partial charge on any atom is 0.329 e. The average molecular weight is 534 g/mol. The zero-order valence-corrected chi connectivity index (χ0v) is 25.0. The smallest absolute Gasteiger partial charge is 0.329 e. The molecule has 2 atom stereocenters. The summed E-state index contributed by atoms with van der Waals surface area (Å²) in [4.78, 5) is 21.3. The number of hydrogen-bond acceptors (Lipinski definition) is 6. The molecule has 0 fully saturated rings. The number of esters is 1. The van der Waals surface area contributed by atoms with E-state index in [1.807, 2.05) is 7.05 Å². The third-order valence-electron chi connectivity index (χ3n) is 6.61.